The number of fused-ring (bicyclic) bond motifs is 5. The molecule has 0 spiro atoms. The van der Waals surface area contributed by atoms with Crippen LogP contribution in [0.15, 0.2) is 11.6 Å². The van der Waals surface area contributed by atoms with Gasteiger partial charge in [-0.15, -0.1) is 0 Å². The van der Waals surface area contributed by atoms with Crippen LogP contribution >= 0.6 is 0 Å². The van der Waals surface area contributed by atoms with Crippen LogP contribution in [0.5, 0.6) is 0 Å². The Balaban J connectivity index is 1.75. The first-order chi connectivity index (χ1) is 10.3. The fourth-order valence-corrected chi connectivity index (χ4v) is 6.95. The summed E-state index contributed by atoms with van der Waals surface area (Å²) < 4.78 is 0. The van der Waals surface area contributed by atoms with E-state index in [4.69, 9.17) is 0 Å². The quantitative estimate of drug-likeness (QED) is 0.730. The molecule has 2 nitrogen and oxygen atoms in total. The van der Waals surface area contributed by atoms with E-state index in [1.54, 1.807) is 0 Å². The van der Waals surface area contributed by atoms with Gasteiger partial charge in [-0.2, -0.15) is 0 Å². The monoisotopic (exact) mass is 302 g/mol. The van der Waals surface area contributed by atoms with Crippen LogP contribution in [0.4, 0.5) is 0 Å². The van der Waals surface area contributed by atoms with Crippen molar-refractivity contribution in [3.05, 3.63) is 11.6 Å². The summed E-state index contributed by atoms with van der Waals surface area (Å²) in [5, 5.41) is 10.2. The smallest absolute Gasteiger partial charge is 0.184 e. The lowest BCUT2D eigenvalue weighted by Crippen LogP contribution is -2.53. The minimum Gasteiger partial charge on any atom is -0.385 e. The molecule has 0 heterocycles. The van der Waals surface area contributed by atoms with Crippen molar-refractivity contribution < 1.29 is 9.90 Å². The molecule has 3 fully saturated rings. The largest absolute Gasteiger partial charge is 0.385 e. The van der Waals surface area contributed by atoms with Gasteiger partial charge in [0.15, 0.2) is 5.78 Å². The summed E-state index contributed by atoms with van der Waals surface area (Å²) in [4.78, 5) is 12.0. The maximum absolute atomic E-state index is 12.0. The summed E-state index contributed by atoms with van der Waals surface area (Å²) in [6.07, 6.45) is 9.63. The van der Waals surface area contributed by atoms with Gasteiger partial charge < -0.3 is 5.11 Å². The zero-order valence-electron chi connectivity index (χ0n) is 14.3. The summed E-state index contributed by atoms with van der Waals surface area (Å²) in [6.45, 7) is 7.29. The van der Waals surface area contributed by atoms with E-state index in [1.165, 1.54) is 37.7 Å². The third-order valence-corrected chi connectivity index (χ3v) is 8.13. The number of carbonyl (C=O) groups is 1. The Kier molecular flexibility index (Phi) is 3.18. The molecule has 4 rings (SSSR count). The van der Waals surface area contributed by atoms with E-state index in [-0.39, 0.29) is 11.2 Å². The van der Waals surface area contributed by atoms with Crippen LogP contribution in [0, 0.1) is 34.5 Å². The summed E-state index contributed by atoms with van der Waals surface area (Å²) in [5.74, 6) is 2.97. The lowest BCUT2D eigenvalue weighted by molar-refractivity contribution is -0.129. The zero-order valence-corrected chi connectivity index (χ0v) is 14.3. The molecule has 0 amide bonds. The summed E-state index contributed by atoms with van der Waals surface area (Å²) in [7, 11) is 0. The first-order valence-corrected chi connectivity index (χ1v) is 9.28. The lowest BCUT2D eigenvalue weighted by Gasteiger charge is -2.59. The van der Waals surface area contributed by atoms with Gasteiger partial charge in [0.2, 0.25) is 0 Å². The van der Waals surface area contributed by atoms with Gasteiger partial charge in [0, 0.05) is 0 Å². The van der Waals surface area contributed by atoms with Crippen LogP contribution in [-0.4, -0.2) is 17.0 Å². The molecule has 2 unspecified atom stereocenters. The van der Waals surface area contributed by atoms with Crippen LogP contribution in [0.3, 0.4) is 0 Å². The molecule has 0 aromatic carbocycles. The Morgan fingerprint density at radius 3 is 2.73 bits per heavy atom. The first kappa shape index (κ1) is 14.9. The molecule has 0 bridgehead atoms. The molecule has 0 aliphatic heterocycles. The minimum atomic E-state index is -0.764. The van der Waals surface area contributed by atoms with E-state index >= 15 is 0 Å². The summed E-state index contributed by atoms with van der Waals surface area (Å²) >= 11 is 0. The number of aliphatic hydroxyl groups is 1. The Morgan fingerprint density at radius 2 is 1.95 bits per heavy atom. The van der Waals surface area contributed by atoms with E-state index in [0.717, 1.165) is 18.3 Å². The van der Waals surface area contributed by atoms with Gasteiger partial charge in [0.05, 0.1) is 0 Å². The van der Waals surface area contributed by atoms with Crippen molar-refractivity contribution in [3.63, 3.8) is 0 Å². The molecule has 1 N–H and O–H groups in total. The Bertz CT molecular complexity index is 536. The molecule has 0 saturated heterocycles. The number of aliphatic hydroxyl groups excluding tert-OH is 1. The second-order valence-electron chi connectivity index (χ2n) is 9.27. The second kappa shape index (κ2) is 4.69. The molecule has 2 heteroatoms. The molecule has 0 aromatic heterocycles. The molecule has 4 aliphatic carbocycles. The normalized spacial score (nSPS) is 54.3. The molecule has 22 heavy (non-hydrogen) atoms. The minimum absolute atomic E-state index is 0.0559. The number of ketones is 1. The molecular weight excluding hydrogens is 272 g/mol. The summed E-state index contributed by atoms with van der Waals surface area (Å²) in [6, 6.07) is 0. The predicted molar refractivity (Wildman–Crippen MR) is 87.3 cm³/mol. The van der Waals surface area contributed by atoms with Crippen molar-refractivity contribution in [1.29, 1.82) is 0 Å². The molecule has 0 radical (unpaired) electrons. The van der Waals surface area contributed by atoms with Crippen LogP contribution in [-0.2, 0) is 4.79 Å². The van der Waals surface area contributed by atoms with Gasteiger partial charge in [-0.1, -0.05) is 32.8 Å². The highest BCUT2D eigenvalue weighted by atomic mass is 16.3. The topological polar surface area (TPSA) is 37.3 Å². The van der Waals surface area contributed by atoms with Gasteiger partial charge in [-0.3, -0.25) is 4.79 Å². The molecule has 4 aliphatic rings. The number of rotatable bonds is 0. The van der Waals surface area contributed by atoms with Crippen molar-refractivity contribution in [2.75, 3.05) is 0 Å². The number of hydrogen-bond acceptors (Lipinski definition) is 2. The van der Waals surface area contributed by atoms with Crippen LogP contribution < -0.4 is 0 Å². The van der Waals surface area contributed by atoms with Gasteiger partial charge in [0.1, 0.15) is 6.10 Å². The SMILES string of the molecule is CC1CC2=CC(=O)C(O)C[C@]2(C)[C@@H]2CC[C@]3(C)CCC[C@H]3[C@H]12. The Morgan fingerprint density at radius 1 is 1.18 bits per heavy atom. The third kappa shape index (κ3) is 1.85. The van der Waals surface area contributed by atoms with E-state index in [2.05, 4.69) is 20.8 Å². The predicted octanol–water partition coefficient (Wildman–Crippen LogP) is 4.13. The maximum Gasteiger partial charge on any atom is 0.184 e. The fourth-order valence-electron chi connectivity index (χ4n) is 6.95. The van der Waals surface area contributed by atoms with Crippen molar-refractivity contribution in [2.45, 2.75) is 71.8 Å². The van der Waals surface area contributed by atoms with E-state index < -0.39 is 6.10 Å². The van der Waals surface area contributed by atoms with Crippen LogP contribution in [0.25, 0.3) is 0 Å². The fraction of sp³-hybridized carbons (Fsp3) is 0.850. The second-order valence-corrected chi connectivity index (χ2v) is 9.27. The van der Waals surface area contributed by atoms with Crippen molar-refractivity contribution in [1.82, 2.24) is 0 Å². The highest BCUT2D eigenvalue weighted by Crippen LogP contribution is 2.66. The van der Waals surface area contributed by atoms with Gasteiger partial charge in [-0.05, 0) is 79.1 Å². The highest BCUT2D eigenvalue weighted by molar-refractivity contribution is 5.95. The maximum atomic E-state index is 12.0. The van der Waals surface area contributed by atoms with E-state index in [9.17, 15) is 9.90 Å². The molecule has 122 valence electrons. The van der Waals surface area contributed by atoms with Gasteiger partial charge in [0.25, 0.3) is 0 Å². The van der Waals surface area contributed by atoms with E-state index in [1.807, 2.05) is 6.08 Å². The molecule has 7 atom stereocenters. The molecule has 0 aromatic rings. The molecule has 3 saturated carbocycles. The van der Waals surface area contributed by atoms with Crippen molar-refractivity contribution in [3.8, 4) is 0 Å². The summed E-state index contributed by atoms with van der Waals surface area (Å²) in [5.41, 5.74) is 1.98. The van der Waals surface area contributed by atoms with E-state index in [0.29, 0.717) is 23.7 Å². The molecular formula is C20H30O2. The number of hydrogen-bond donors (Lipinski definition) is 1. The average Bonchev–Trinajstić information content (AvgIpc) is 2.84. The lowest BCUT2D eigenvalue weighted by atomic mass is 9.45. The Hall–Kier alpha value is -0.630. The van der Waals surface area contributed by atoms with Crippen molar-refractivity contribution >= 4 is 5.78 Å². The first-order valence-electron chi connectivity index (χ1n) is 9.28. The van der Waals surface area contributed by atoms with Gasteiger partial charge in [-0.25, -0.2) is 0 Å². The number of carbonyl (C=O) groups excluding carboxylic acids is 1. The number of allylic oxidation sites excluding steroid dienone is 1. The van der Waals surface area contributed by atoms with Crippen molar-refractivity contribution in [2.24, 2.45) is 34.5 Å². The van der Waals surface area contributed by atoms with Gasteiger partial charge >= 0.3 is 0 Å². The average molecular weight is 302 g/mol. The Labute approximate surface area is 134 Å². The zero-order chi connectivity index (χ0) is 15.7. The highest BCUT2D eigenvalue weighted by Gasteiger charge is 2.58. The van der Waals surface area contributed by atoms with Crippen LogP contribution in [0.2, 0.25) is 0 Å². The standard InChI is InChI=1S/C20H30O2/c1-12-9-13-10-16(21)17(22)11-20(13,3)15-6-8-19(2)7-4-5-14(19)18(12)15/h10,12,14-15,17-18,22H,4-9,11H2,1-3H3/t12?,14-,15+,17?,18-,19-,20-/m0/s1. The van der Waals surface area contributed by atoms with Crippen LogP contribution in [0.1, 0.15) is 65.7 Å². The third-order valence-electron chi connectivity index (χ3n) is 8.13.